The number of nitrogen functional groups attached to an aromatic ring is 1. The third-order valence-electron chi connectivity index (χ3n) is 4.49. The number of aliphatic carboxylic acids is 1. The second kappa shape index (κ2) is 10.3. The highest BCUT2D eigenvalue weighted by molar-refractivity contribution is 8.00. The molecule has 0 aromatic carbocycles. The summed E-state index contributed by atoms with van der Waals surface area (Å²) in [4.78, 5) is 44.0. The SMILES string of the molecule is CO/N=C(\C(=O)NC1=CCNC=[C+]1)c1csc(N)n1.C[C@@H]1C(=O)N2C(C(=O)[O-])=CCS[C@@H]12. The fourth-order valence-corrected chi connectivity index (χ4v) is 4.73. The van der Waals surface area contributed by atoms with Crippen LogP contribution in [-0.2, 0) is 19.2 Å². The molecule has 0 saturated carbocycles. The highest BCUT2D eigenvalue weighted by atomic mass is 32.2. The summed E-state index contributed by atoms with van der Waals surface area (Å²) in [6.45, 7) is 2.44. The van der Waals surface area contributed by atoms with Crippen molar-refractivity contribution in [3.05, 3.63) is 46.9 Å². The van der Waals surface area contributed by atoms with E-state index < -0.39 is 11.9 Å². The lowest BCUT2D eigenvalue weighted by Crippen LogP contribution is -2.60. The molecule has 4 heterocycles. The van der Waals surface area contributed by atoms with Crippen molar-refractivity contribution in [1.29, 1.82) is 0 Å². The molecule has 1 saturated heterocycles. The number of amides is 2. The van der Waals surface area contributed by atoms with Crippen LogP contribution in [0.4, 0.5) is 5.13 Å². The van der Waals surface area contributed by atoms with Crippen molar-refractivity contribution in [2.75, 3.05) is 25.1 Å². The van der Waals surface area contributed by atoms with Crippen molar-refractivity contribution in [2.24, 2.45) is 11.1 Å². The van der Waals surface area contributed by atoms with Gasteiger partial charge in [0.05, 0.1) is 29.0 Å². The summed E-state index contributed by atoms with van der Waals surface area (Å²) in [6, 6.07) is 0. The molecule has 3 aliphatic heterocycles. The Hall–Kier alpha value is -3.41. The van der Waals surface area contributed by atoms with E-state index in [0.717, 1.165) is 0 Å². The van der Waals surface area contributed by atoms with Crippen LogP contribution in [0.25, 0.3) is 0 Å². The largest absolute Gasteiger partial charge is 0.543 e. The maximum atomic E-state index is 12.1. The molecule has 2 amide bonds. The summed E-state index contributed by atoms with van der Waals surface area (Å²) >= 11 is 2.81. The topological polar surface area (TPSA) is 162 Å². The van der Waals surface area contributed by atoms with Crippen LogP contribution in [0, 0.1) is 12.0 Å². The number of oxime groups is 1. The molecule has 1 aromatic rings. The second-order valence-corrected chi connectivity index (χ2v) is 8.60. The number of dihydropyridines is 1. The number of thiazole rings is 1. The van der Waals surface area contributed by atoms with Crippen LogP contribution < -0.4 is 21.5 Å². The third-order valence-corrected chi connectivity index (χ3v) is 6.48. The first kappa shape index (κ1) is 23.3. The number of carboxylic acid groups (broad SMARTS) is 1. The van der Waals surface area contributed by atoms with Gasteiger partial charge in [0.15, 0.2) is 10.8 Å². The van der Waals surface area contributed by atoms with E-state index >= 15 is 0 Å². The van der Waals surface area contributed by atoms with Crippen LogP contribution in [0.5, 0.6) is 0 Å². The van der Waals surface area contributed by atoms with Crippen LogP contribution in [0.1, 0.15) is 12.6 Å². The van der Waals surface area contributed by atoms with Crippen molar-refractivity contribution in [1.82, 2.24) is 20.5 Å². The number of hydrogen-bond donors (Lipinski definition) is 3. The zero-order chi connectivity index (χ0) is 23.3. The molecule has 1 fully saturated rings. The molecule has 0 aliphatic carbocycles. The van der Waals surface area contributed by atoms with Gasteiger partial charge in [-0.15, -0.1) is 23.1 Å². The standard InChI is InChI=1S/C11H11N5O2S.C8H9NO3S/c1-18-16-9(8-6-19-11(12)15-8)10(17)14-7-2-4-13-5-3-7;1-4-6(10)9-5(8(11)12)2-3-13-7(4)9/h2,5-6,13H,4H2,1H3,(H2-,12,14,15,17);2,4,7H,3H2,1H3,(H,11,12)/b16-9-;/t;4-,7+/m.1/s1. The average Bonchev–Trinajstić information content (AvgIpc) is 3.23. The fourth-order valence-electron chi connectivity index (χ4n) is 2.96. The van der Waals surface area contributed by atoms with Crippen molar-refractivity contribution >= 4 is 51.7 Å². The number of nitrogens with one attached hydrogen (secondary N) is 2. The average molecular weight is 477 g/mol. The van der Waals surface area contributed by atoms with Gasteiger partial charge in [0.25, 0.3) is 11.6 Å². The van der Waals surface area contributed by atoms with Crippen LogP contribution in [0.15, 0.2) is 40.3 Å². The molecule has 2 atom stereocenters. The number of carbonyl (C=O) groups is 3. The highest BCUT2D eigenvalue weighted by Gasteiger charge is 2.47. The van der Waals surface area contributed by atoms with E-state index in [1.165, 1.54) is 29.4 Å². The third kappa shape index (κ3) is 5.07. The Kier molecular flexibility index (Phi) is 7.46. The van der Waals surface area contributed by atoms with Gasteiger partial charge in [0.1, 0.15) is 31.6 Å². The number of aromatic nitrogens is 1. The van der Waals surface area contributed by atoms with Crippen LogP contribution in [-0.4, -0.2) is 58.2 Å². The maximum absolute atomic E-state index is 12.1. The number of nitrogens with zero attached hydrogens (tertiary/aromatic N) is 3. The predicted molar refractivity (Wildman–Crippen MR) is 117 cm³/mol. The predicted octanol–water partition coefficient (Wildman–Crippen LogP) is -0.833. The Morgan fingerprint density at radius 1 is 1.47 bits per heavy atom. The van der Waals surface area contributed by atoms with E-state index in [4.69, 9.17) is 5.73 Å². The minimum Gasteiger partial charge on any atom is -0.543 e. The Morgan fingerprint density at radius 3 is 2.84 bits per heavy atom. The lowest BCUT2D eigenvalue weighted by atomic mass is 9.99. The Labute approximate surface area is 192 Å². The molecular weight excluding hydrogens is 456 g/mol. The highest BCUT2D eigenvalue weighted by Crippen LogP contribution is 2.40. The van der Waals surface area contributed by atoms with Gasteiger partial charge in [0, 0.05) is 11.1 Å². The Balaban J connectivity index is 0.000000193. The lowest BCUT2D eigenvalue weighted by molar-refractivity contribution is -0.301. The minimum atomic E-state index is -1.26. The van der Waals surface area contributed by atoms with Crippen LogP contribution >= 0.6 is 23.1 Å². The zero-order valence-electron chi connectivity index (χ0n) is 17.2. The number of fused-ring (bicyclic) bond motifs is 1. The van der Waals surface area contributed by atoms with E-state index in [9.17, 15) is 19.5 Å². The van der Waals surface area contributed by atoms with Gasteiger partial charge in [-0.25, -0.2) is 4.98 Å². The summed E-state index contributed by atoms with van der Waals surface area (Å²) in [5, 5.41) is 21.9. The van der Waals surface area contributed by atoms with E-state index in [1.54, 1.807) is 29.4 Å². The fraction of sp³-hybridized carbons (Fsp3) is 0.316. The van der Waals surface area contributed by atoms with Gasteiger partial charge >= 0.3 is 0 Å². The van der Waals surface area contributed by atoms with Crippen molar-refractivity contribution in [2.45, 2.75) is 12.3 Å². The molecule has 4 N–H and O–H groups in total. The molecule has 13 heteroatoms. The first-order valence-electron chi connectivity index (χ1n) is 9.35. The monoisotopic (exact) mass is 476 g/mol. The maximum Gasteiger partial charge on any atom is 0.283 e. The van der Waals surface area contributed by atoms with Crippen molar-refractivity contribution in [3.8, 4) is 0 Å². The van der Waals surface area contributed by atoms with Gasteiger partial charge in [0.2, 0.25) is 5.91 Å². The van der Waals surface area contributed by atoms with Crippen LogP contribution in [0.3, 0.4) is 0 Å². The van der Waals surface area contributed by atoms with Crippen molar-refractivity contribution in [3.63, 3.8) is 0 Å². The number of anilines is 1. The van der Waals surface area contributed by atoms with Crippen molar-refractivity contribution < 1.29 is 24.3 Å². The summed E-state index contributed by atoms with van der Waals surface area (Å²) in [7, 11) is 1.36. The van der Waals surface area contributed by atoms with Gasteiger partial charge in [-0.05, 0) is 6.08 Å². The Bertz CT molecular complexity index is 1030. The second-order valence-electron chi connectivity index (χ2n) is 6.56. The molecule has 32 heavy (non-hydrogen) atoms. The van der Waals surface area contributed by atoms with Gasteiger partial charge in [-0.1, -0.05) is 12.1 Å². The number of nitrogens with two attached hydrogens (primary N) is 1. The normalized spacial score (nSPS) is 21.4. The lowest BCUT2D eigenvalue weighted by Gasteiger charge is -2.48. The molecule has 3 aliphatic rings. The minimum absolute atomic E-state index is 0.00500. The molecule has 1 aromatic heterocycles. The van der Waals surface area contributed by atoms with Crippen LogP contribution in [0.2, 0.25) is 0 Å². The smallest absolute Gasteiger partial charge is 0.283 e. The molecule has 0 unspecified atom stereocenters. The molecule has 0 radical (unpaired) electrons. The molecule has 0 bridgehead atoms. The molecule has 168 valence electrons. The number of carboxylic acids is 1. The van der Waals surface area contributed by atoms with E-state index in [-0.39, 0.29) is 28.6 Å². The quantitative estimate of drug-likeness (QED) is 0.213. The van der Waals surface area contributed by atoms with E-state index in [1.807, 2.05) is 6.92 Å². The number of allylic oxidation sites excluding steroid dienone is 1. The number of rotatable bonds is 5. The summed E-state index contributed by atoms with van der Waals surface area (Å²) in [5.41, 5.74) is 6.58. The number of carbonyl (C=O) groups excluding carboxylic acids is 3. The van der Waals surface area contributed by atoms with E-state index in [2.05, 4.69) is 31.7 Å². The molecule has 0 spiro atoms. The van der Waals surface area contributed by atoms with Gasteiger partial charge in [-0.2, -0.15) is 0 Å². The molecular formula is C19H20N6O5S2. The van der Waals surface area contributed by atoms with Gasteiger partial charge < -0.3 is 25.8 Å². The number of β-lactam (4-membered cyclic amide) rings is 1. The van der Waals surface area contributed by atoms with Gasteiger partial charge in [-0.3, -0.25) is 19.8 Å². The molecule has 11 nitrogen and oxygen atoms in total. The number of hydrogen-bond acceptors (Lipinski definition) is 11. The number of thioether (sulfide) groups is 1. The van der Waals surface area contributed by atoms with E-state index in [0.29, 0.717) is 28.8 Å². The first-order valence-corrected chi connectivity index (χ1v) is 11.3. The molecule has 4 rings (SSSR count). The summed E-state index contributed by atoms with van der Waals surface area (Å²) in [6.07, 6.45) is 7.80. The Morgan fingerprint density at radius 2 is 2.25 bits per heavy atom. The zero-order valence-corrected chi connectivity index (χ0v) is 18.8. The summed E-state index contributed by atoms with van der Waals surface area (Å²) < 4.78 is 0. The first-order chi connectivity index (χ1) is 15.3. The summed E-state index contributed by atoms with van der Waals surface area (Å²) in [5.74, 6) is -1.23.